The van der Waals surface area contributed by atoms with Crippen LogP contribution in [0, 0.1) is 5.82 Å². The van der Waals surface area contributed by atoms with Crippen LogP contribution in [0.1, 0.15) is 0 Å². The Kier molecular flexibility index (Phi) is 2.03. The van der Waals surface area contributed by atoms with Gasteiger partial charge >= 0.3 is 0 Å². The summed E-state index contributed by atoms with van der Waals surface area (Å²) < 4.78 is 13.7. The number of hydrogen-bond acceptors (Lipinski definition) is 2. The maximum Gasteiger partial charge on any atom is 0.151 e. The molecule has 0 spiro atoms. The summed E-state index contributed by atoms with van der Waals surface area (Å²) in [4.78, 5) is 8.88. The third-order valence-corrected chi connectivity index (χ3v) is 3.28. The average molecular weight is 248 g/mol. The molecule has 1 heterocycles. The van der Waals surface area contributed by atoms with Gasteiger partial charge in [0.05, 0.1) is 16.6 Å². The van der Waals surface area contributed by atoms with Gasteiger partial charge in [0.2, 0.25) is 0 Å². The second kappa shape index (κ2) is 3.72. The molecule has 0 unspecified atom stereocenters. The fraction of sp³-hybridized carbons (Fsp3) is 0. The minimum atomic E-state index is -0.333. The average Bonchev–Trinajstić information content (AvgIpc) is 2.44. The Hall–Kier alpha value is -2.55. The molecule has 0 saturated heterocycles. The van der Waals surface area contributed by atoms with Crippen molar-refractivity contribution in [2.45, 2.75) is 0 Å². The molecule has 1 aromatic heterocycles. The molecule has 4 rings (SSSR count). The van der Waals surface area contributed by atoms with Crippen LogP contribution in [-0.2, 0) is 0 Å². The van der Waals surface area contributed by atoms with Crippen molar-refractivity contribution in [2.24, 2.45) is 0 Å². The standard InChI is InChI=1S/C16H9FN2/c17-12-6-3-7-13-16(12)19-15-9-11-5-2-1-4-10(11)8-14(15)18-13/h1-9H. The highest BCUT2D eigenvalue weighted by molar-refractivity contribution is 5.97. The third kappa shape index (κ3) is 1.55. The first kappa shape index (κ1) is 10.4. The zero-order valence-electron chi connectivity index (χ0n) is 9.97. The lowest BCUT2D eigenvalue weighted by Gasteiger charge is -2.04. The van der Waals surface area contributed by atoms with Gasteiger partial charge in [0.1, 0.15) is 5.52 Å². The molecule has 19 heavy (non-hydrogen) atoms. The number of rotatable bonds is 0. The maximum absolute atomic E-state index is 13.7. The minimum Gasteiger partial charge on any atom is -0.244 e. The summed E-state index contributed by atoms with van der Waals surface area (Å²) in [6.45, 7) is 0. The van der Waals surface area contributed by atoms with E-state index in [0.717, 1.165) is 21.8 Å². The molecule has 0 radical (unpaired) electrons. The molecule has 2 nitrogen and oxygen atoms in total. The van der Waals surface area contributed by atoms with Crippen molar-refractivity contribution in [1.82, 2.24) is 9.97 Å². The monoisotopic (exact) mass is 248 g/mol. The van der Waals surface area contributed by atoms with Gasteiger partial charge in [0.25, 0.3) is 0 Å². The van der Waals surface area contributed by atoms with Gasteiger partial charge in [-0.15, -0.1) is 0 Å². The number of para-hydroxylation sites is 1. The number of nitrogens with zero attached hydrogens (tertiary/aromatic N) is 2. The van der Waals surface area contributed by atoms with Gasteiger partial charge in [-0.25, -0.2) is 14.4 Å². The van der Waals surface area contributed by atoms with E-state index in [1.54, 1.807) is 12.1 Å². The van der Waals surface area contributed by atoms with Crippen LogP contribution in [0.2, 0.25) is 0 Å². The molecule has 0 amide bonds. The van der Waals surface area contributed by atoms with Gasteiger partial charge in [-0.3, -0.25) is 0 Å². The van der Waals surface area contributed by atoms with Gasteiger partial charge in [0.15, 0.2) is 5.82 Å². The summed E-state index contributed by atoms with van der Waals surface area (Å²) in [6, 6.07) is 16.8. The van der Waals surface area contributed by atoms with E-state index in [-0.39, 0.29) is 5.82 Å². The number of fused-ring (bicyclic) bond motifs is 3. The Morgan fingerprint density at radius 2 is 1.37 bits per heavy atom. The second-order valence-corrected chi connectivity index (χ2v) is 4.52. The molecule has 0 aliphatic rings. The molecule has 4 aromatic rings. The van der Waals surface area contributed by atoms with E-state index in [9.17, 15) is 4.39 Å². The van der Waals surface area contributed by atoms with E-state index in [4.69, 9.17) is 0 Å². The molecule has 3 aromatic carbocycles. The van der Waals surface area contributed by atoms with E-state index in [1.165, 1.54) is 6.07 Å². The predicted molar refractivity (Wildman–Crippen MR) is 74.5 cm³/mol. The lowest BCUT2D eigenvalue weighted by molar-refractivity contribution is 0.637. The van der Waals surface area contributed by atoms with Gasteiger partial charge in [0, 0.05) is 0 Å². The summed E-state index contributed by atoms with van der Waals surface area (Å²) in [7, 11) is 0. The first-order chi connectivity index (χ1) is 9.31. The third-order valence-electron chi connectivity index (χ3n) is 3.28. The summed E-state index contributed by atoms with van der Waals surface area (Å²) >= 11 is 0. The molecule has 0 bridgehead atoms. The van der Waals surface area contributed by atoms with Crippen molar-refractivity contribution < 1.29 is 4.39 Å². The Labute approximate surface area is 108 Å². The summed E-state index contributed by atoms with van der Waals surface area (Å²) in [5.74, 6) is -0.333. The van der Waals surface area contributed by atoms with Crippen molar-refractivity contribution in [3.05, 3.63) is 60.4 Å². The van der Waals surface area contributed by atoms with Crippen LogP contribution in [0.25, 0.3) is 32.8 Å². The molecular weight excluding hydrogens is 239 g/mol. The van der Waals surface area contributed by atoms with Crippen LogP contribution in [0.4, 0.5) is 4.39 Å². The first-order valence-corrected chi connectivity index (χ1v) is 6.06. The van der Waals surface area contributed by atoms with Crippen LogP contribution >= 0.6 is 0 Å². The smallest absolute Gasteiger partial charge is 0.151 e. The van der Waals surface area contributed by atoms with E-state index < -0.39 is 0 Å². The molecule has 0 N–H and O–H groups in total. The summed E-state index contributed by atoms with van der Waals surface area (Å²) in [6.07, 6.45) is 0. The number of benzene rings is 3. The normalized spacial score (nSPS) is 11.4. The van der Waals surface area contributed by atoms with Gasteiger partial charge in [-0.05, 0) is 35.0 Å². The molecule has 0 atom stereocenters. The maximum atomic E-state index is 13.7. The highest BCUT2D eigenvalue weighted by Gasteiger charge is 2.06. The van der Waals surface area contributed by atoms with E-state index in [0.29, 0.717) is 11.0 Å². The predicted octanol–water partition coefficient (Wildman–Crippen LogP) is 4.08. The summed E-state index contributed by atoms with van der Waals surface area (Å²) in [5, 5.41) is 2.19. The molecular formula is C16H9FN2. The minimum absolute atomic E-state index is 0.324. The molecule has 90 valence electrons. The highest BCUT2D eigenvalue weighted by Crippen LogP contribution is 2.23. The number of aromatic nitrogens is 2. The lowest BCUT2D eigenvalue weighted by Crippen LogP contribution is -1.90. The quantitative estimate of drug-likeness (QED) is 0.438. The zero-order chi connectivity index (χ0) is 12.8. The van der Waals surface area contributed by atoms with Crippen LogP contribution < -0.4 is 0 Å². The molecule has 0 fully saturated rings. The zero-order valence-corrected chi connectivity index (χ0v) is 9.97. The first-order valence-electron chi connectivity index (χ1n) is 6.06. The fourth-order valence-corrected chi connectivity index (χ4v) is 2.35. The van der Waals surface area contributed by atoms with Crippen molar-refractivity contribution >= 4 is 32.8 Å². The van der Waals surface area contributed by atoms with Crippen LogP contribution in [0.5, 0.6) is 0 Å². The second-order valence-electron chi connectivity index (χ2n) is 4.52. The highest BCUT2D eigenvalue weighted by atomic mass is 19.1. The van der Waals surface area contributed by atoms with E-state index in [2.05, 4.69) is 9.97 Å². The van der Waals surface area contributed by atoms with E-state index in [1.807, 2.05) is 36.4 Å². The van der Waals surface area contributed by atoms with Crippen molar-refractivity contribution in [3.63, 3.8) is 0 Å². The lowest BCUT2D eigenvalue weighted by atomic mass is 10.1. The van der Waals surface area contributed by atoms with Crippen LogP contribution in [0.3, 0.4) is 0 Å². The molecule has 0 aliphatic heterocycles. The van der Waals surface area contributed by atoms with Crippen LogP contribution in [-0.4, -0.2) is 9.97 Å². The van der Waals surface area contributed by atoms with Gasteiger partial charge in [-0.1, -0.05) is 30.3 Å². The Morgan fingerprint density at radius 1 is 0.684 bits per heavy atom. The molecule has 3 heteroatoms. The Balaban J connectivity index is 2.20. The van der Waals surface area contributed by atoms with Crippen molar-refractivity contribution in [2.75, 3.05) is 0 Å². The van der Waals surface area contributed by atoms with E-state index >= 15 is 0 Å². The van der Waals surface area contributed by atoms with Crippen molar-refractivity contribution in [3.8, 4) is 0 Å². The largest absolute Gasteiger partial charge is 0.244 e. The fourth-order valence-electron chi connectivity index (χ4n) is 2.35. The van der Waals surface area contributed by atoms with Crippen molar-refractivity contribution in [1.29, 1.82) is 0 Å². The number of halogens is 1. The van der Waals surface area contributed by atoms with Gasteiger partial charge in [-0.2, -0.15) is 0 Å². The summed E-state index contributed by atoms with van der Waals surface area (Å²) in [5.41, 5.74) is 2.42. The number of hydrogen-bond donors (Lipinski definition) is 0. The Bertz CT molecular complexity index is 931. The molecule has 0 saturated carbocycles. The Morgan fingerprint density at radius 3 is 2.11 bits per heavy atom. The van der Waals surface area contributed by atoms with Gasteiger partial charge < -0.3 is 0 Å². The van der Waals surface area contributed by atoms with Crippen LogP contribution in [0.15, 0.2) is 54.6 Å². The molecule has 0 aliphatic carbocycles. The SMILES string of the molecule is Fc1cccc2nc3cc4ccccc4cc3nc12. The topological polar surface area (TPSA) is 25.8 Å².